The Labute approximate surface area is 127 Å². The molecule has 1 heterocycles. The van der Waals surface area contributed by atoms with E-state index in [9.17, 15) is 4.79 Å². The minimum atomic E-state index is -0.506. The van der Waals surface area contributed by atoms with Crippen LogP contribution in [0.1, 0.15) is 15.9 Å². The van der Waals surface area contributed by atoms with Gasteiger partial charge in [0, 0.05) is 0 Å². The van der Waals surface area contributed by atoms with Gasteiger partial charge in [-0.25, -0.2) is 4.79 Å². The fourth-order valence-electron chi connectivity index (χ4n) is 1.79. The summed E-state index contributed by atoms with van der Waals surface area (Å²) >= 11 is 0. The molecule has 0 bridgehead atoms. The number of aromatic nitrogens is 2. The Kier molecular flexibility index (Phi) is 4.77. The number of methoxy groups -OCH3 is 3. The number of hydrogen-bond acceptors (Lipinski definition) is 7. The van der Waals surface area contributed by atoms with Crippen molar-refractivity contribution in [3.05, 3.63) is 35.4 Å². The highest BCUT2D eigenvalue weighted by atomic mass is 16.5. The van der Waals surface area contributed by atoms with Gasteiger partial charge < -0.3 is 18.9 Å². The molecule has 0 unspecified atom stereocenters. The highest BCUT2D eigenvalue weighted by Crippen LogP contribution is 2.29. The van der Waals surface area contributed by atoms with Gasteiger partial charge in [-0.3, -0.25) is 0 Å². The van der Waals surface area contributed by atoms with Crippen molar-refractivity contribution >= 4 is 5.97 Å². The zero-order valence-electron chi connectivity index (χ0n) is 12.7. The summed E-state index contributed by atoms with van der Waals surface area (Å²) in [5.74, 6) is 0.392. The average molecular weight is 304 g/mol. The van der Waals surface area contributed by atoms with E-state index in [-0.39, 0.29) is 23.3 Å². The fourth-order valence-corrected chi connectivity index (χ4v) is 1.79. The number of carbonyl (C=O) groups excluding carboxylic acids is 1. The van der Waals surface area contributed by atoms with Crippen LogP contribution in [0.15, 0.2) is 24.3 Å². The minimum Gasteiger partial charge on any atom is -0.481 e. The highest BCUT2D eigenvalue weighted by molar-refractivity contribution is 5.93. The van der Waals surface area contributed by atoms with Crippen molar-refractivity contribution in [3.8, 4) is 23.5 Å². The van der Waals surface area contributed by atoms with Crippen molar-refractivity contribution in [1.29, 1.82) is 0 Å². The normalized spacial score (nSPS) is 10.0. The Balaban J connectivity index is 2.44. The van der Waals surface area contributed by atoms with E-state index in [2.05, 4.69) is 9.97 Å². The first-order valence-electron chi connectivity index (χ1n) is 6.42. The second kappa shape index (κ2) is 6.75. The first-order chi connectivity index (χ1) is 10.6. The molecule has 0 radical (unpaired) electrons. The number of aryl methyl sites for hydroxylation is 1. The molecule has 0 aliphatic heterocycles. The summed E-state index contributed by atoms with van der Waals surface area (Å²) in [6.07, 6.45) is 0. The van der Waals surface area contributed by atoms with Gasteiger partial charge in [-0.05, 0) is 18.6 Å². The number of hydrogen-bond donors (Lipinski definition) is 0. The van der Waals surface area contributed by atoms with E-state index in [1.807, 2.05) is 0 Å². The van der Waals surface area contributed by atoms with Crippen LogP contribution in [0, 0.1) is 6.92 Å². The molecule has 2 rings (SSSR count). The van der Waals surface area contributed by atoms with Gasteiger partial charge in [0.2, 0.25) is 11.8 Å². The molecule has 0 spiro atoms. The Morgan fingerprint density at radius 2 is 1.68 bits per heavy atom. The van der Waals surface area contributed by atoms with E-state index in [0.717, 1.165) is 5.56 Å². The van der Waals surface area contributed by atoms with Gasteiger partial charge >= 0.3 is 12.0 Å². The molecule has 7 heteroatoms. The lowest BCUT2D eigenvalue weighted by Gasteiger charge is -2.12. The zero-order valence-corrected chi connectivity index (χ0v) is 12.7. The SMILES string of the molecule is COC(=O)c1cccc(C)c1Oc1nc(OC)cc(OC)n1. The van der Waals surface area contributed by atoms with Crippen LogP contribution in [0.25, 0.3) is 0 Å². The van der Waals surface area contributed by atoms with Gasteiger partial charge in [0.05, 0.1) is 27.4 Å². The minimum absolute atomic E-state index is 0.00986. The summed E-state index contributed by atoms with van der Waals surface area (Å²) in [5, 5.41) is 0. The molecular formula is C15H16N2O5. The van der Waals surface area contributed by atoms with Gasteiger partial charge in [0.1, 0.15) is 11.3 Å². The smallest absolute Gasteiger partial charge is 0.341 e. The van der Waals surface area contributed by atoms with Gasteiger partial charge in [-0.15, -0.1) is 0 Å². The summed E-state index contributed by atoms with van der Waals surface area (Å²) in [6, 6.07) is 6.67. The van der Waals surface area contributed by atoms with Crippen molar-refractivity contribution < 1.29 is 23.7 Å². The number of rotatable bonds is 5. The summed E-state index contributed by atoms with van der Waals surface area (Å²) in [4.78, 5) is 20.0. The summed E-state index contributed by atoms with van der Waals surface area (Å²) in [6.45, 7) is 1.80. The molecule has 1 aromatic heterocycles. The quantitative estimate of drug-likeness (QED) is 0.784. The van der Waals surface area contributed by atoms with Crippen molar-refractivity contribution in [2.45, 2.75) is 6.92 Å². The third-order valence-electron chi connectivity index (χ3n) is 2.89. The van der Waals surface area contributed by atoms with Crippen molar-refractivity contribution in [1.82, 2.24) is 9.97 Å². The third-order valence-corrected chi connectivity index (χ3v) is 2.89. The molecule has 0 atom stereocenters. The van der Waals surface area contributed by atoms with Gasteiger partial charge in [0.15, 0.2) is 0 Å². The maximum atomic E-state index is 11.8. The second-order valence-corrected chi connectivity index (χ2v) is 4.28. The van der Waals surface area contributed by atoms with Crippen molar-refractivity contribution in [2.24, 2.45) is 0 Å². The van der Waals surface area contributed by atoms with Crippen LogP contribution < -0.4 is 14.2 Å². The van der Waals surface area contributed by atoms with Crippen LogP contribution >= 0.6 is 0 Å². The number of nitrogens with zero attached hydrogens (tertiary/aromatic N) is 2. The number of esters is 1. The van der Waals surface area contributed by atoms with Crippen LogP contribution in [0.2, 0.25) is 0 Å². The van der Waals surface area contributed by atoms with E-state index >= 15 is 0 Å². The fraction of sp³-hybridized carbons (Fsp3) is 0.267. The zero-order chi connectivity index (χ0) is 16.1. The monoisotopic (exact) mass is 304 g/mol. The molecule has 0 aliphatic rings. The van der Waals surface area contributed by atoms with Crippen molar-refractivity contribution in [2.75, 3.05) is 21.3 Å². The molecular weight excluding hydrogens is 288 g/mol. The topological polar surface area (TPSA) is 79.8 Å². The summed E-state index contributed by atoms with van der Waals surface area (Å²) in [7, 11) is 4.25. The molecule has 0 saturated carbocycles. The van der Waals surface area contributed by atoms with E-state index in [1.54, 1.807) is 25.1 Å². The predicted molar refractivity (Wildman–Crippen MR) is 77.7 cm³/mol. The number of carbonyl (C=O) groups is 1. The Bertz CT molecular complexity index is 665. The molecule has 1 aromatic carbocycles. The van der Waals surface area contributed by atoms with Gasteiger partial charge in [-0.2, -0.15) is 9.97 Å². The lowest BCUT2D eigenvalue weighted by Crippen LogP contribution is -2.06. The van der Waals surface area contributed by atoms with Crippen LogP contribution in [-0.2, 0) is 4.74 Å². The summed E-state index contributed by atoms with van der Waals surface area (Å²) in [5.41, 5.74) is 1.03. The van der Waals surface area contributed by atoms with E-state index in [4.69, 9.17) is 18.9 Å². The predicted octanol–water partition coefficient (Wildman–Crippen LogP) is 2.38. The number of ether oxygens (including phenoxy) is 4. The first-order valence-corrected chi connectivity index (χ1v) is 6.42. The lowest BCUT2D eigenvalue weighted by molar-refractivity contribution is 0.0597. The van der Waals surface area contributed by atoms with E-state index < -0.39 is 5.97 Å². The Hall–Kier alpha value is -2.83. The molecule has 0 N–H and O–H groups in total. The van der Waals surface area contributed by atoms with Crippen molar-refractivity contribution in [3.63, 3.8) is 0 Å². The molecule has 0 saturated heterocycles. The molecule has 0 aliphatic carbocycles. The van der Waals surface area contributed by atoms with Crippen LogP contribution in [0.5, 0.6) is 23.5 Å². The van der Waals surface area contributed by atoms with Crippen LogP contribution in [-0.4, -0.2) is 37.3 Å². The largest absolute Gasteiger partial charge is 0.481 e. The lowest BCUT2D eigenvalue weighted by atomic mass is 10.1. The maximum Gasteiger partial charge on any atom is 0.341 e. The standard InChI is InChI=1S/C15H16N2O5/c1-9-6-5-7-10(14(18)21-4)13(9)22-15-16-11(19-2)8-12(17-15)20-3/h5-8H,1-4H3. The van der Waals surface area contributed by atoms with Crippen LogP contribution in [0.3, 0.4) is 0 Å². The molecule has 0 amide bonds. The first kappa shape index (κ1) is 15.6. The number of benzene rings is 1. The number of para-hydroxylation sites is 1. The molecule has 0 fully saturated rings. The molecule has 2 aromatic rings. The molecule has 7 nitrogen and oxygen atoms in total. The van der Waals surface area contributed by atoms with Crippen LogP contribution in [0.4, 0.5) is 0 Å². The van der Waals surface area contributed by atoms with E-state index in [0.29, 0.717) is 5.75 Å². The average Bonchev–Trinajstić information content (AvgIpc) is 2.55. The highest BCUT2D eigenvalue weighted by Gasteiger charge is 2.17. The van der Waals surface area contributed by atoms with Gasteiger partial charge in [-0.1, -0.05) is 12.1 Å². The molecule has 116 valence electrons. The molecule has 22 heavy (non-hydrogen) atoms. The third kappa shape index (κ3) is 3.25. The summed E-state index contributed by atoms with van der Waals surface area (Å²) < 4.78 is 20.5. The second-order valence-electron chi connectivity index (χ2n) is 4.28. The van der Waals surface area contributed by atoms with Gasteiger partial charge in [0.25, 0.3) is 0 Å². The Morgan fingerprint density at radius 1 is 1.05 bits per heavy atom. The maximum absolute atomic E-state index is 11.8. The Morgan fingerprint density at radius 3 is 2.23 bits per heavy atom. The van der Waals surface area contributed by atoms with E-state index in [1.165, 1.54) is 27.4 Å².